The van der Waals surface area contributed by atoms with Gasteiger partial charge < -0.3 is 0 Å². The van der Waals surface area contributed by atoms with Crippen molar-refractivity contribution in [2.24, 2.45) is 0 Å². The number of hydrogen-bond acceptors (Lipinski definition) is 0. The van der Waals surface area contributed by atoms with Gasteiger partial charge >= 0.3 is 32.4 Å². The van der Waals surface area contributed by atoms with E-state index in [9.17, 15) is 0 Å². The monoisotopic (exact) mass is 121 g/mol. The van der Waals surface area contributed by atoms with Crippen LogP contribution in [0.25, 0.3) is 0 Å². The normalized spacial score (nSPS) is 15.2. The number of hydrogen-bond donors (Lipinski definition) is 0. The van der Waals surface area contributed by atoms with E-state index < -0.39 is 14.2 Å². The molecule has 0 unspecified atom stereocenters. The van der Waals surface area contributed by atoms with Crippen molar-refractivity contribution in [2.75, 3.05) is 0 Å². The second-order valence-electron chi connectivity index (χ2n) is 1.50. The van der Waals surface area contributed by atoms with E-state index in [-0.39, 0.29) is 0 Å². The molecule has 0 amide bonds. The summed E-state index contributed by atoms with van der Waals surface area (Å²) in [6, 6.07) is 0. The Morgan fingerprint density at radius 2 is 1.50 bits per heavy atom. The molecule has 4 heavy (non-hydrogen) atoms. The molecule has 26 valence electrons. The van der Waals surface area contributed by atoms with Gasteiger partial charge in [-0.1, -0.05) is 0 Å². The summed E-state index contributed by atoms with van der Waals surface area (Å²) >= 11 is -1.75. The van der Waals surface area contributed by atoms with Crippen molar-refractivity contribution in [3.8, 4) is 0 Å². The van der Waals surface area contributed by atoms with Gasteiger partial charge in [0.05, 0.1) is 0 Å². The second-order valence-corrected chi connectivity index (χ2v) is 7.79. The summed E-state index contributed by atoms with van der Waals surface area (Å²) in [7, 11) is 0. The Kier molecular flexibility index (Phi) is 1.26. The van der Waals surface area contributed by atoms with Crippen molar-refractivity contribution in [1.82, 2.24) is 0 Å². The fourth-order valence-corrected chi connectivity index (χ4v) is 0. The van der Waals surface area contributed by atoms with Crippen LogP contribution in [0.1, 0.15) is 0 Å². The zero-order chi connectivity index (χ0) is 4.50. The van der Waals surface area contributed by atoms with Crippen LogP contribution in [0.15, 0.2) is 0 Å². The molecule has 0 aromatic rings. The van der Waals surface area contributed by atoms with E-state index in [4.69, 9.17) is 0.927 Å². The Balaban J connectivity index is 3.02. The van der Waals surface area contributed by atoms with Crippen LogP contribution in [-0.2, 0) is 0 Å². The maximum atomic E-state index is 7.12. The average Bonchev–Trinajstić information content (AvgIpc) is 0.722. The van der Waals surface area contributed by atoms with Crippen molar-refractivity contribution >= 4 is 14.2 Å². The summed E-state index contributed by atoms with van der Waals surface area (Å²) in [6.45, 7) is 0. The van der Waals surface area contributed by atoms with Crippen LogP contribution in [0.2, 0.25) is 17.3 Å². The molecule has 0 saturated carbocycles. The molecule has 0 rings (SSSR count). The van der Waals surface area contributed by atoms with Crippen LogP contribution in [-0.4, -0.2) is 15.1 Å². The zero-order valence-corrected chi connectivity index (χ0v) is 5.60. The van der Waals surface area contributed by atoms with E-state index in [1.54, 1.807) is 0 Å². The van der Waals surface area contributed by atoms with E-state index in [0.717, 1.165) is 0 Å². The van der Waals surface area contributed by atoms with Crippen LogP contribution in [0.4, 0.5) is 0 Å². The van der Waals surface area contributed by atoms with Crippen LogP contribution in [0, 0.1) is 0 Å². The molecular weight excluding hydrogens is 109 g/mol. The first-order valence-electron chi connectivity index (χ1n) is 2.00. The minimum atomic E-state index is -1.75. The second kappa shape index (κ2) is 1.83. The van der Waals surface area contributed by atoms with Gasteiger partial charge in [-0.2, -0.15) is 0 Å². The molecule has 1 heteroatoms. The molecule has 0 N–H and O–H groups in total. The fourth-order valence-electron chi connectivity index (χ4n) is 0. The molecule has 0 aromatic carbocycles. The van der Waals surface area contributed by atoms with Crippen LogP contribution >= 0.6 is 0 Å². The summed E-state index contributed by atoms with van der Waals surface area (Å²) in [5, 5.41) is 0. The Hall–Kier alpha value is 0.543. The molecule has 0 aliphatic heterocycles. The predicted molar refractivity (Wildman–Crippen MR) is 24.7 cm³/mol. The molecule has 0 aliphatic rings. The van der Waals surface area contributed by atoms with Gasteiger partial charge in [-0.15, -0.1) is 0 Å². The molecule has 0 saturated heterocycles. The first-order valence-corrected chi connectivity index (χ1v) is 7.79. The maximum absolute atomic E-state index is 7.12. The molecule has 0 fully saturated rings. The van der Waals surface area contributed by atoms with E-state index in [1.807, 2.05) is 17.3 Å². The van der Waals surface area contributed by atoms with Gasteiger partial charge in [0, 0.05) is 0 Å². The summed E-state index contributed by atoms with van der Waals surface area (Å²) < 4.78 is 7.12. The third-order valence-electron chi connectivity index (χ3n) is 0. The third kappa shape index (κ3) is 20.5. The van der Waals surface area contributed by atoms with Crippen molar-refractivity contribution < 1.29 is 0 Å². The Labute approximate surface area is 33.2 Å². The average molecular weight is 120 g/mol. The van der Waals surface area contributed by atoms with E-state index >= 15 is 0 Å². The molecular formula is C3H10Ge. The van der Waals surface area contributed by atoms with E-state index in [2.05, 4.69) is 0 Å². The van der Waals surface area contributed by atoms with Crippen LogP contribution in [0.3, 0.4) is 0 Å². The summed E-state index contributed by atoms with van der Waals surface area (Å²) in [5.74, 6) is 6.12. The Bertz CT molecular complexity index is 22.4. The molecule has 0 nitrogen and oxygen atoms in total. The summed E-state index contributed by atoms with van der Waals surface area (Å²) in [4.78, 5) is 0. The zero-order valence-electron chi connectivity index (χ0n) is 4.50. The summed E-state index contributed by atoms with van der Waals surface area (Å²) in [5.41, 5.74) is 0. The fraction of sp³-hybridized carbons (Fsp3) is 1.00. The van der Waals surface area contributed by atoms with Gasteiger partial charge in [-0.3, -0.25) is 0 Å². The predicted octanol–water partition coefficient (Wildman–Crippen LogP) is 1.10. The van der Waals surface area contributed by atoms with E-state index in [1.165, 1.54) is 0 Å². The van der Waals surface area contributed by atoms with Gasteiger partial charge in [0.25, 0.3) is 0 Å². The molecule has 0 spiro atoms. The molecule has 0 atom stereocenters. The molecule has 0 bridgehead atoms. The quantitative estimate of drug-likeness (QED) is 0.419. The molecule has 0 aliphatic carbocycles. The van der Waals surface area contributed by atoms with Crippen molar-refractivity contribution in [1.29, 1.82) is 0.927 Å². The molecule has 0 aromatic heterocycles. The number of rotatable bonds is 0. The van der Waals surface area contributed by atoms with Gasteiger partial charge in [0.15, 0.2) is 0 Å². The molecule has 0 radical (unpaired) electrons. The topological polar surface area (TPSA) is 0 Å². The molecule has 0 heterocycles. The Morgan fingerprint density at radius 3 is 1.50 bits per heavy atom. The van der Waals surface area contributed by atoms with Crippen LogP contribution in [0.5, 0.6) is 0 Å². The first kappa shape index (κ1) is 2.76. The van der Waals surface area contributed by atoms with Gasteiger partial charge in [-0.25, -0.2) is 0 Å². The standard InChI is InChI=1S/C3H10Ge/c1-4(2)3/h4H,1-3H3/i4D. The van der Waals surface area contributed by atoms with E-state index in [0.29, 0.717) is 0 Å². The van der Waals surface area contributed by atoms with Crippen molar-refractivity contribution in [3.63, 3.8) is 0 Å². The van der Waals surface area contributed by atoms with Gasteiger partial charge in [0.2, 0.25) is 0 Å². The van der Waals surface area contributed by atoms with Gasteiger partial charge in [0.1, 0.15) is 0 Å². The summed E-state index contributed by atoms with van der Waals surface area (Å²) in [6.07, 6.45) is 0. The third-order valence-corrected chi connectivity index (χ3v) is 0. The SMILES string of the molecule is [2H][Ge]([CH3])([CH3])[CH3]. The minimum absolute atomic E-state index is 1.75. The first-order chi connectivity index (χ1) is 2.00. The Morgan fingerprint density at radius 1 is 1.50 bits per heavy atom. The van der Waals surface area contributed by atoms with Gasteiger partial charge in [-0.05, 0) is 0 Å². The van der Waals surface area contributed by atoms with Crippen molar-refractivity contribution in [2.45, 2.75) is 17.3 Å². The van der Waals surface area contributed by atoms with Crippen molar-refractivity contribution in [3.05, 3.63) is 0 Å². The van der Waals surface area contributed by atoms with Crippen LogP contribution < -0.4 is 0 Å².